The van der Waals surface area contributed by atoms with Gasteiger partial charge in [-0.05, 0) is 0 Å². The third kappa shape index (κ3) is 11.2. The molecule has 0 N–H and O–H groups in total. The summed E-state index contributed by atoms with van der Waals surface area (Å²) in [6.07, 6.45) is 1.49. The van der Waals surface area contributed by atoms with Crippen LogP contribution in [0.1, 0.15) is 27.7 Å². The molecule has 0 fully saturated rings. The summed E-state index contributed by atoms with van der Waals surface area (Å²) in [5, 5.41) is 0. The van der Waals surface area contributed by atoms with Gasteiger partial charge < -0.3 is 4.74 Å². The lowest BCUT2D eigenvalue weighted by atomic mass is 10.8. The van der Waals surface area contributed by atoms with Crippen molar-refractivity contribution >= 4 is 6.40 Å². The minimum absolute atomic E-state index is 0.778. The van der Waals surface area contributed by atoms with Crippen LogP contribution in [-0.2, 0) is 4.74 Å². The van der Waals surface area contributed by atoms with Crippen LogP contribution in [0.3, 0.4) is 0 Å². The Bertz CT molecular complexity index is 46.9. The van der Waals surface area contributed by atoms with Crippen molar-refractivity contribution in [2.24, 2.45) is 4.99 Å². The van der Waals surface area contributed by atoms with Crippen LogP contribution in [0.5, 0.6) is 0 Å². The van der Waals surface area contributed by atoms with Gasteiger partial charge in [-0.3, -0.25) is 4.99 Å². The Labute approximate surface area is 57.9 Å². The summed E-state index contributed by atoms with van der Waals surface area (Å²) in [6.45, 7) is 9.62. The Balaban J connectivity index is 0. The van der Waals surface area contributed by atoms with Gasteiger partial charge in [0, 0.05) is 0 Å². The lowest BCUT2D eigenvalue weighted by Crippen LogP contribution is -1.80. The highest BCUT2D eigenvalue weighted by molar-refractivity contribution is 5.47. The number of rotatable bonds is 0. The molecule has 0 aromatic heterocycles. The summed E-state index contributed by atoms with van der Waals surface area (Å²) in [6, 6.07) is 0. The molecule has 1 rings (SSSR count). The van der Waals surface area contributed by atoms with Gasteiger partial charge in [0.1, 0.15) is 6.61 Å². The van der Waals surface area contributed by atoms with Gasteiger partial charge in [-0.2, -0.15) is 0 Å². The Hall–Kier alpha value is -0.530. The average molecular weight is 131 g/mol. The lowest BCUT2D eigenvalue weighted by molar-refractivity contribution is 0.361. The molecule has 0 saturated heterocycles. The highest BCUT2D eigenvalue weighted by atomic mass is 16.5. The molecule has 56 valence electrons. The normalized spacial score (nSPS) is 12.0. The van der Waals surface area contributed by atoms with Gasteiger partial charge in [0.25, 0.3) is 0 Å². The fraction of sp³-hybridized carbons (Fsp3) is 0.857. The molecule has 0 atom stereocenters. The maximum atomic E-state index is 4.65. The van der Waals surface area contributed by atoms with Crippen LogP contribution in [0.15, 0.2) is 4.99 Å². The molecule has 9 heavy (non-hydrogen) atoms. The van der Waals surface area contributed by atoms with Crippen molar-refractivity contribution in [3.63, 3.8) is 0 Å². The van der Waals surface area contributed by atoms with E-state index in [1.54, 1.807) is 0 Å². The van der Waals surface area contributed by atoms with Crippen molar-refractivity contribution in [3.8, 4) is 0 Å². The Morgan fingerprint density at radius 2 is 1.78 bits per heavy atom. The van der Waals surface area contributed by atoms with Gasteiger partial charge in [-0.1, -0.05) is 27.7 Å². The second-order valence-corrected chi connectivity index (χ2v) is 0.882. The summed E-state index contributed by atoms with van der Waals surface area (Å²) in [7, 11) is 0. The summed E-state index contributed by atoms with van der Waals surface area (Å²) < 4.78 is 4.65. The third-order valence-corrected chi connectivity index (χ3v) is 0.487. The molecule has 0 aliphatic carbocycles. The van der Waals surface area contributed by atoms with Gasteiger partial charge in [-0.25, -0.2) is 0 Å². The second-order valence-electron chi connectivity index (χ2n) is 0.882. The fourth-order valence-electron chi connectivity index (χ4n) is 0.264. The van der Waals surface area contributed by atoms with E-state index in [9.17, 15) is 0 Å². The first kappa shape index (κ1) is 11.3. The number of nitrogens with zero attached hydrogens (tertiary/aromatic N) is 1. The summed E-state index contributed by atoms with van der Waals surface area (Å²) in [4.78, 5) is 3.74. The third-order valence-electron chi connectivity index (χ3n) is 0.487. The molecular weight excluding hydrogens is 114 g/mol. The first-order valence-electron chi connectivity index (χ1n) is 3.60. The van der Waals surface area contributed by atoms with Crippen LogP contribution in [0.4, 0.5) is 0 Å². The number of hydrogen-bond donors (Lipinski definition) is 0. The molecule has 1 heterocycles. The smallest absolute Gasteiger partial charge is 0.169 e. The van der Waals surface area contributed by atoms with E-state index in [4.69, 9.17) is 0 Å². The molecule has 0 spiro atoms. The van der Waals surface area contributed by atoms with E-state index in [0.717, 1.165) is 13.2 Å². The quantitative estimate of drug-likeness (QED) is 0.493. The molecule has 0 bridgehead atoms. The van der Waals surface area contributed by atoms with Gasteiger partial charge in [0.05, 0.1) is 6.54 Å². The lowest BCUT2D eigenvalue weighted by Gasteiger charge is -1.76. The molecule has 2 nitrogen and oxygen atoms in total. The summed E-state index contributed by atoms with van der Waals surface area (Å²) in [5.41, 5.74) is 0. The maximum Gasteiger partial charge on any atom is 0.169 e. The van der Waals surface area contributed by atoms with Gasteiger partial charge in [0.15, 0.2) is 6.40 Å². The zero-order chi connectivity index (χ0) is 7.54. The predicted molar refractivity (Wildman–Crippen MR) is 42.0 cm³/mol. The van der Waals surface area contributed by atoms with Crippen LogP contribution >= 0.6 is 0 Å². The predicted octanol–water partition coefficient (Wildman–Crippen LogP) is 2.10. The van der Waals surface area contributed by atoms with Crippen LogP contribution < -0.4 is 0 Å². The van der Waals surface area contributed by atoms with Crippen molar-refractivity contribution in [2.45, 2.75) is 27.7 Å². The monoisotopic (exact) mass is 131 g/mol. The first-order chi connectivity index (χ1) is 4.50. The molecule has 0 saturated carbocycles. The van der Waals surface area contributed by atoms with Crippen molar-refractivity contribution < 1.29 is 4.74 Å². The molecule has 1 aliphatic rings. The van der Waals surface area contributed by atoms with Crippen LogP contribution in [0.25, 0.3) is 0 Å². The average Bonchev–Trinajstić information content (AvgIpc) is 2.51. The summed E-state index contributed by atoms with van der Waals surface area (Å²) >= 11 is 0. The minimum Gasteiger partial charge on any atom is -0.482 e. The van der Waals surface area contributed by atoms with E-state index in [1.807, 2.05) is 27.7 Å². The largest absolute Gasteiger partial charge is 0.482 e. The van der Waals surface area contributed by atoms with Crippen LogP contribution in [0.2, 0.25) is 0 Å². The first-order valence-corrected chi connectivity index (χ1v) is 3.60. The van der Waals surface area contributed by atoms with E-state index in [0.29, 0.717) is 0 Å². The zero-order valence-corrected chi connectivity index (χ0v) is 6.85. The van der Waals surface area contributed by atoms with Crippen LogP contribution in [-0.4, -0.2) is 19.6 Å². The molecule has 2 heteroatoms. The molecule has 0 aromatic carbocycles. The SMILES string of the molecule is C1=NCCO1.CC.CC. The highest BCUT2D eigenvalue weighted by Crippen LogP contribution is 1.78. The molecule has 0 unspecified atom stereocenters. The van der Waals surface area contributed by atoms with Gasteiger partial charge in [0.2, 0.25) is 0 Å². The highest BCUT2D eigenvalue weighted by Gasteiger charge is 1.84. The standard InChI is InChI=1S/C3H5NO.2C2H6/c1-2-5-3-4-1;2*1-2/h3H,1-2H2;2*1-2H3. The van der Waals surface area contributed by atoms with E-state index < -0.39 is 0 Å². The second kappa shape index (κ2) is 15.6. The van der Waals surface area contributed by atoms with Crippen molar-refractivity contribution in [1.29, 1.82) is 0 Å². The number of aliphatic imine (C=N–C) groups is 1. The van der Waals surface area contributed by atoms with E-state index in [-0.39, 0.29) is 0 Å². The van der Waals surface area contributed by atoms with Gasteiger partial charge in [-0.15, -0.1) is 0 Å². The Morgan fingerprint density at radius 1 is 1.22 bits per heavy atom. The molecule has 0 amide bonds. The van der Waals surface area contributed by atoms with Crippen molar-refractivity contribution in [3.05, 3.63) is 0 Å². The van der Waals surface area contributed by atoms with E-state index in [1.165, 1.54) is 6.40 Å². The fourth-order valence-corrected chi connectivity index (χ4v) is 0.264. The van der Waals surface area contributed by atoms with Gasteiger partial charge >= 0.3 is 0 Å². The molecular formula is C7H17NO. The Morgan fingerprint density at radius 3 is 1.89 bits per heavy atom. The molecule has 0 radical (unpaired) electrons. The van der Waals surface area contributed by atoms with Crippen molar-refractivity contribution in [2.75, 3.05) is 13.2 Å². The maximum absolute atomic E-state index is 4.65. The number of hydrogen-bond acceptors (Lipinski definition) is 2. The zero-order valence-electron chi connectivity index (χ0n) is 6.85. The number of ether oxygens (including phenoxy) is 1. The molecule has 1 aliphatic heterocycles. The molecule has 0 aromatic rings. The Kier molecular flexibility index (Phi) is 19.6. The van der Waals surface area contributed by atoms with E-state index in [2.05, 4.69) is 9.73 Å². The van der Waals surface area contributed by atoms with Crippen molar-refractivity contribution in [1.82, 2.24) is 0 Å². The minimum atomic E-state index is 0.778. The summed E-state index contributed by atoms with van der Waals surface area (Å²) in [5.74, 6) is 0. The topological polar surface area (TPSA) is 21.6 Å². The van der Waals surface area contributed by atoms with E-state index >= 15 is 0 Å². The van der Waals surface area contributed by atoms with Crippen LogP contribution in [0, 0.1) is 0 Å².